The van der Waals surface area contributed by atoms with E-state index in [-0.39, 0.29) is 28.4 Å². The number of aromatic nitrogens is 2. The molecule has 0 aliphatic carbocycles. The Morgan fingerprint density at radius 1 is 1.21 bits per heavy atom. The molecule has 1 heterocycles. The molecular formula is C7H9N5O2. The Morgan fingerprint density at radius 3 is 2.36 bits per heavy atom. The second kappa shape index (κ2) is 2.34. The number of hydrogen-bond acceptors (Lipinski definition) is 5. The molecule has 0 fully saturated rings. The molecule has 0 saturated carbocycles. The first kappa shape index (κ1) is 8.30. The van der Waals surface area contributed by atoms with Gasteiger partial charge in [0.2, 0.25) is 5.52 Å². The highest BCUT2D eigenvalue weighted by molar-refractivity contribution is 5.94. The minimum Gasteiger partial charge on any atom is -0.740 e. The van der Waals surface area contributed by atoms with Crippen molar-refractivity contribution < 1.29 is 9.94 Å². The molecule has 1 aromatic heterocycles. The number of fused-ring (bicyclic) bond motifs is 1. The van der Waals surface area contributed by atoms with E-state index in [1.807, 2.05) is 0 Å². The van der Waals surface area contributed by atoms with Crippen LogP contribution < -0.4 is 21.9 Å². The van der Waals surface area contributed by atoms with Crippen molar-refractivity contribution >= 4 is 28.4 Å². The monoisotopic (exact) mass is 195 g/mol. The lowest BCUT2D eigenvalue weighted by Crippen LogP contribution is -2.30. The maximum Gasteiger partial charge on any atom is 0.393 e. The fourth-order valence-corrected chi connectivity index (χ4v) is 1.36. The number of rotatable bonds is 0. The van der Waals surface area contributed by atoms with Crippen LogP contribution in [0.3, 0.4) is 0 Å². The molecule has 0 saturated heterocycles. The van der Waals surface area contributed by atoms with Crippen LogP contribution in [0.25, 0.3) is 11.0 Å². The maximum absolute atomic E-state index is 11.4. The van der Waals surface area contributed by atoms with Crippen molar-refractivity contribution in [1.82, 2.24) is 4.73 Å². The van der Waals surface area contributed by atoms with E-state index < -0.39 is 0 Å². The molecule has 74 valence electrons. The van der Waals surface area contributed by atoms with Gasteiger partial charge in [0.15, 0.2) is 5.52 Å². The molecule has 0 atom stereocenters. The highest BCUT2D eigenvalue weighted by Crippen LogP contribution is 2.25. The van der Waals surface area contributed by atoms with Gasteiger partial charge in [-0.3, -0.25) is 5.73 Å². The van der Waals surface area contributed by atoms with Crippen molar-refractivity contribution in [3.8, 4) is 0 Å². The Bertz CT molecular complexity index is 474. The van der Waals surface area contributed by atoms with E-state index in [4.69, 9.17) is 17.2 Å². The molecule has 0 spiro atoms. The SMILES string of the molecule is Nc1ccc(N)c2c1n(O)c(N)[n+]2[O-]. The van der Waals surface area contributed by atoms with Gasteiger partial charge >= 0.3 is 5.95 Å². The van der Waals surface area contributed by atoms with Gasteiger partial charge in [0.1, 0.15) is 0 Å². The van der Waals surface area contributed by atoms with Gasteiger partial charge in [-0.1, -0.05) is 4.73 Å². The molecule has 7 nitrogen and oxygen atoms in total. The molecule has 0 amide bonds. The number of nitrogens with zero attached hydrogens (tertiary/aromatic N) is 2. The molecule has 1 aromatic carbocycles. The van der Waals surface area contributed by atoms with Gasteiger partial charge in [-0.15, -0.1) is 0 Å². The van der Waals surface area contributed by atoms with Crippen LogP contribution in [-0.4, -0.2) is 9.94 Å². The smallest absolute Gasteiger partial charge is 0.393 e. The normalized spacial score (nSPS) is 10.9. The Kier molecular flexibility index (Phi) is 1.39. The molecule has 0 bridgehead atoms. The van der Waals surface area contributed by atoms with Gasteiger partial charge in [-0.05, 0) is 12.1 Å². The average molecular weight is 195 g/mol. The molecule has 7 N–H and O–H groups in total. The molecule has 14 heavy (non-hydrogen) atoms. The average Bonchev–Trinajstić information content (AvgIpc) is 2.38. The van der Waals surface area contributed by atoms with Crippen LogP contribution in [0.4, 0.5) is 17.3 Å². The van der Waals surface area contributed by atoms with Gasteiger partial charge in [-0.25, -0.2) is 4.73 Å². The first-order valence-electron chi connectivity index (χ1n) is 3.80. The molecule has 0 aliphatic heterocycles. The zero-order chi connectivity index (χ0) is 10.5. The molecular weight excluding hydrogens is 186 g/mol. The van der Waals surface area contributed by atoms with Gasteiger partial charge in [-0.2, -0.15) is 0 Å². The number of imidazole rings is 1. The van der Waals surface area contributed by atoms with Crippen molar-refractivity contribution in [2.75, 3.05) is 17.2 Å². The molecule has 7 heteroatoms. The summed E-state index contributed by atoms with van der Waals surface area (Å²) in [5.74, 6) is -0.371. The van der Waals surface area contributed by atoms with Crippen LogP contribution in [0.2, 0.25) is 0 Å². The predicted molar refractivity (Wildman–Crippen MR) is 51.3 cm³/mol. The van der Waals surface area contributed by atoms with Gasteiger partial charge < -0.3 is 21.9 Å². The van der Waals surface area contributed by atoms with Crippen molar-refractivity contribution in [3.05, 3.63) is 17.3 Å². The van der Waals surface area contributed by atoms with E-state index in [0.29, 0.717) is 9.46 Å². The van der Waals surface area contributed by atoms with Gasteiger partial charge in [0, 0.05) is 0 Å². The number of anilines is 3. The molecule has 0 radical (unpaired) electrons. The summed E-state index contributed by atoms with van der Waals surface area (Å²) in [5, 5.41) is 20.8. The lowest BCUT2D eigenvalue weighted by atomic mass is 10.2. The number of nitrogen functional groups attached to an aromatic ring is 3. The van der Waals surface area contributed by atoms with Crippen molar-refractivity contribution in [3.63, 3.8) is 0 Å². The second-order valence-corrected chi connectivity index (χ2v) is 2.91. The summed E-state index contributed by atoms with van der Waals surface area (Å²) < 4.78 is 0.856. The first-order valence-corrected chi connectivity index (χ1v) is 3.80. The van der Waals surface area contributed by atoms with E-state index in [2.05, 4.69) is 0 Å². The predicted octanol–water partition coefficient (Wildman–Crippen LogP) is -0.741. The largest absolute Gasteiger partial charge is 0.740 e. The minimum absolute atomic E-state index is 0.0741. The third-order valence-corrected chi connectivity index (χ3v) is 2.05. The van der Waals surface area contributed by atoms with Crippen molar-refractivity contribution in [1.29, 1.82) is 0 Å². The van der Waals surface area contributed by atoms with Gasteiger partial charge in [0.25, 0.3) is 0 Å². The highest BCUT2D eigenvalue weighted by Gasteiger charge is 2.20. The molecule has 2 rings (SSSR count). The number of benzene rings is 1. The number of hydrogen-bond donors (Lipinski definition) is 4. The topological polar surface area (TPSA) is 130 Å². The van der Waals surface area contributed by atoms with E-state index in [1.165, 1.54) is 12.1 Å². The summed E-state index contributed by atoms with van der Waals surface area (Å²) in [7, 11) is 0. The fraction of sp³-hybridized carbons (Fsp3) is 0. The Morgan fingerprint density at radius 2 is 1.79 bits per heavy atom. The lowest BCUT2D eigenvalue weighted by Gasteiger charge is -2.02. The minimum atomic E-state index is -0.371. The number of nitrogens with two attached hydrogens (primary N) is 3. The van der Waals surface area contributed by atoms with Crippen molar-refractivity contribution in [2.24, 2.45) is 0 Å². The molecule has 0 aliphatic rings. The van der Waals surface area contributed by atoms with E-state index in [9.17, 15) is 10.4 Å². The second-order valence-electron chi connectivity index (χ2n) is 2.91. The van der Waals surface area contributed by atoms with E-state index in [1.54, 1.807) is 0 Å². The maximum atomic E-state index is 11.4. The van der Waals surface area contributed by atoms with E-state index in [0.717, 1.165) is 0 Å². The Hall–Kier alpha value is -2.31. The van der Waals surface area contributed by atoms with E-state index >= 15 is 0 Å². The van der Waals surface area contributed by atoms with Crippen molar-refractivity contribution in [2.45, 2.75) is 0 Å². The summed E-state index contributed by atoms with van der Waals surface area (Å²) in [5.41, 5.74) is 17.1. The zero-order valence-electron chi connectivity index (χ0n) is 7.14. The third-order valence-electron chi connectivity index (χ3n) is 2.05. The highest BCUT2D eigenvalue weighted by atomic mass is 16.5. The summed E-state index contributed by atoms with van der Waals surface area (Å²) in [4.78, 5) is 0. The summed E-state index contributed by atoms with van der Waals surface area (Å²) in [6.07, 6.45) is 0. The van der Waals surface area contributed by atoms with Crippen LogP contribution in [0.5, 0.6) is 0 Å². The lowest BCUT2D eigenvalue weighted by molar-refractivity contribution is -0.562. The van der Waals surface area contributed by atoms with Crippen LogP contribution in [-0.2, 0) is 0 Å². The molecule has 2 aromatic rings. The summed E-state index contributed by atoms with van der Waals surface area (Å²) in [6, 6.07) is 2.97. The van der Waals surface area contributed by atoms with Gasteiger partial charge in [0.05, 0.1) is 11.4 Å². The first-order chi connectivity index (χ1) is 6.54. The standard InChI is InChI=1S/C7H9N5O2/c8-3-1-2-4(9)6-5(3)11(13)7(10)12(6)14/h1-2,13H,8-10H2. The van der Waals surface area contributed by atoms with Crippen LogP contribution in [0, 0.1) is 5.21 Å². The quantitative estimate of drug-likeness (QED) is 0.190. The fourth-order valence-electron chi connectivity index (χ4n) is 1.36. The zero-order valence-corrected chi connectivity index (χ0v) is 7.14. The molecule has 0 unspecified atom stereocenters. The summed E-state index contributed by atoms with van der Waals surface area (Å²) >= 11 is 0. The Balaban J connectivity index is 3.08. The Labute approximate surface area is 78.5 Å². The third kappa shape index (κ3) is 0.777. The van der Waals surface area contributed by atoms with Crippen LogP contribution in [0.15, 0.2) is 12.1 Å². The van der Waals surface area contributed by atoms with Crippen LogP contribution in [0.1, 0.15) is 0 Å². The summed E-state index contributed by atoms with van der Waals surface area (Å²) in [6.45, 7) is 0. The van der Waals surface area contributed by atoms with Crippen LogP contribution >= 0.6 is 0 Å².